The molecule has 0 aliphatic carbocycles. The highest BCUT2D eigenvalue weighted by atomic mass is 16.3. The number of furan rings is 1. The molecule has 0 bridgehead atoms. The van der Waals surface area contributed by atoms with Crippen molar-refractivity contribution in [2.45, 2.75) is 0 Å². The van der Waals surface area contributed by atoms with Crippen LogP contribution in [0, 0.1) is 0 Å². The van der Waals surface area contributed by atoms with Crippen LogP contribution in [0.25, 0.3) is 76.8 Å². The second-order valence-electron chi connectivity index (χ2n) is 12.6. The zero-order valence-corrected chi connectivity index (χ0v) is 26.9. The topological polar surface area (TPSA) is 55.1 Å². The van der Waals surface area contributed by atoms with Crippen molar-refractivity contribution in [3.05, 3.63) is 170 Å². The minimum Gasteiger partial charge on any atom is -0.454 e. The average molecular weight is 641 g/mol. The smallest absolute Gasteiger partial charge is 0.155 e. The van der Waals surface area contributed by atoms with E-state index in [2.05, 4.69) is 154 Å². The number of hydrogen-bond donors (Lipinski definition) is 0. The van der Waals surface area contributed by atoms with E-state index in [0.717, 1.165) is 55.6 Å². The summed E-state index contributed by atoms with van der Waals surface area (Å²) in [6.45, 7) is 0. The van der Waals surface area contributed by atoms with Crippen LogP contribution in [0.2, 0.25) is 0 Å². The summed E-state index contributed by atoms with van der Waals surface area (Å²) in [5.74, 6) is 0. The Morgan fingerprint density at radius 2 is 1.00 bits per heavy atom. The molecule has 10 aromatic rings. The molecule has 0 atom stereocenters. The van der Waals surface area contributed by atoms with Crippen molar-refractivity contribution in [2.24, 2.45) is 0 Å². The lowest BCUT2D eigenvalue weighted by molar-refractivity contribution is 0.668. The van der Waals surface area contributed by atoms with Gasteiger partial charge in [-0.2, -0.15) is 0 Å². The van der Waals surface area contributed by atoms with Gasteiger partial charge in [-0.3, -0.25) is 0 Å². The van der Waals surface area contributed by atoms with Crippen LogP contribution in [0.3, 0.4) is 0 Å². The Balaban J connectivity index is 1.08. The maximum absolute atomic E-state index is 6.40. The zero-order valence-electron chi connectivity index (χ0n) is 26.9. The molecule has 0 fully saturated rings. The third-order valence-electron chi connectivity index (χ3n) is 9.59. The number of rotatable bonds is 5. The first-order valence-corrected chi connectivity index (χ1v) is 16.6. The summed E-state index contributed by atoms with van der Waals surface area (Å²) in [6.07, 6.45) is 5.30. The van der Waals surface area contributed by atoms with Crippen molar-refractivity contribution >= 4 is 71.6 Å². The third kappa shape index (κ3) is 4.83. The fourth-order valence-electron chi connectivity index (χ4n) is 7.02. The van der Waals surface area contributed by atoms with Gasteiger partial charge in [0.15, 0.2) is 5.58 Å². The van der Waals surface area contributed by atoms with Gasteiger partial charge in [0, 0.05) is 34.4 Å². The van der Waals surface area contributed by atoms with Crippen LogP contribution in [0.1, 0.15) is 0 Å². The highest BCUT2D eigenvalue weighted by Gasteiger charge is 2.18. The molecule has 0 aliphatic rings. The van der Waals surface area contributed by atoms with Crippen LogP contribution in [-0.4, -0.2) is 15.0 Å². The van der Waals surface area contributed by atoms with Gasteiger partial charge in [0.05, 0.1) is 17.4 Å². The summed E-state index contributed by atoms with van der Waals surface area (Å²) in [4.78, 5) is 15.8. The number of hydrogen-bond acceptors (Lipinski definition) is 5. The number of benzene rings is 7. The van der Waals surface area contributed by atoms with Gasteiger partial charge in [-0.25, -0.2) is 15.0 Å². The Hall–Kier alpha value is -6.85. The van der Waals surface area contributed by atoms with Crippen LogP contribution in [0.5, 0.6) is 0 Å². The fraction of sp³-hybridized carbons (Fsp3) is 0. The van der Waals surface area contributed by atoms with Crippen molar-refractivity contribution < 1.29 is 4.42 Å². The summed E-state index contributed by atoms with van der Waals surface area (Å²) in [7, 11) is 0. The van der Waals surface area contributed by atoms with Crippen molar-refractivity contribution in [3.63, 3.8) is 0 Å². The minimum absolute atomic E-state index is 0.714. The molecule has 5 nitrogen and oxygen atoms in total. The maximum atomic E-state index is 6.40. The molecule has 0 N–H and O–H groups in total. The highest BCUT2D eigenvalue weighted by molar-refractivity contribution is 6.08. The summed E-state index contributed by atoms with van der Waals surface area (Å²) >= 11 is 0. The molecular formula is C45H28N4O. The molecule has 0 saturated carbocycles. The highest BCUT2D eigenvalue weighted by Crippen LogP contribution is 2.39. The Kier molecular flexibility index (Phi) is 6.42. The largest absolute Gasteiger partial charge is 0.454 e. The first kappa shape index (κ1) is 28.2. The predicted octanol–water partition coefficient (Wildman–Crippen LogP) is 12.0. The second kappa shape index (κ2) is 11.4. The first-order valence-electron chi connectivity index (χ1n) is 16.6. The molecule has 3 heterocycles. The van der Waals surface area contributed by atoms with Crippen molar-refractivity contribution in [1.29, 1.82) is 0 Å². The summed E-state index contributed by atoms with van der Waals surface area (Å²) in [5.41, 5.74) is 10.8. The van der Waals surface area contributed by atoms with Gasteiger partial charge in [0.1, 0.15) is 17.4 Å². The summed E-state index contributed by atoms with van der Waals surface area (Å²) < 4.78 is 6.40. The molecule has 50 heavy (non-hydrogen) atoms. The first-order chi connectivity index (χ1) is 24.7. The van der Waals surface area contributed by atoms with E-state index < -0.39 is 0 Å². The van der Waals surface area contributed by atoms with Crippen molar-refractivity contribution in [1.82, 2.24) is 15.0 Å². The van der Waals surface area contributed by atoms with Crippen molar-refractivity contribution in [3.8, 4) is 22.3 Å². The van der Waals surface area contributed by atoms with E-state index in [0.29, 0.717) is 5.58 Å². The van der Waals surface area contributed by atoms with Gasteiger partial charge in [0.25, 0.3) is 0 Å². The van der Waals surface area contributed by atoms with Gasteiger partial charge in [-0.05, 0) is 92.3 Å². The Bertz CT molecular complexity index is 2750. The van der Waals surface area contributed by atoms with Crippen LogP contribution in [0.4, 0.5) is 17.1 Å². The quantitative estimate of drug-likeness (QED) is 0.187. The van der Waals surface area contributed by atoms with Gasteiger partial charge in [-0.1, -0.05) is 97.1 Å². The average Bonchev–Trinajstić information content (AvgIpc) is 3.53. The van der Waals surface area contributed by atoms with Gasteiger partial charge in [0.2, 0.25) is 0 Å². The van der Waals surface area contributed by atoms with Gasteiger partial charge in [-0.15, -0.1) is 0 Å². The van der Waals surface area contributed by atoms with Crippen LogP contribution >= 0.6 is 0 Å². The van der Waals surface area contributed by atoms with Gasteiger partial charge >= 0.3 is 0 Å². The predicted molar refractivity (Wildman–Crippen MR) is 205 cm³/mol. The zero-order chi connectivity index (χ0) is 33.0. The number of aromatic nitrogens is 3. The van der Waals surface area contributed by atoms with Gasteiger partial charge < -0.3 is 9.32 Å². The van der Waals surface area contributed by atoms with E-state index in [1.165, 1.54) is 32.7 Å². The third-order valence-corrected chi connectivity index (χ3v) is 9.59. The lowest BCUT2D eigenvalue weighted by atomic mass is 10.00. The second-order valence-corrected chi connectivity index (χ2v) is 12.6. The fourth-order valence-corrected chi connectivity index (χ4v) is 7.02. The molecule has 0 saturated heterocycles. The molecule has 7 aromatic carbocycles. The number of fused-ring (bicyclic) bond motifs is 6. The molecular weight excluding hydrogens is 613 g/mol. The Morgan fingerprint density at radius 3 is 1.62 bits per heavy atom. The lowest BCUT2D eigenvalue weighted by Crippen LogP contribution is -2.10. The van der Waals surface area contributed by atoms with E-state index in [-0.39, 0.29) is 0 Å². The van der Waals surface area contributed by atoms with Crippen LogP contribution in [0.15, 0.2) is 175 Å². The number of pyridine rings is 1. The molecule has 0 spiro atoms. The van der Waals surface area contributed by atoms with Crippen LogP contribution in [-0.2, 0) is 0 Å². The lowest BCUT2D eigenvalue weighted by Gasteiger charge is -2.25. The summed E-state index contributed by atoms with van der Waals surface area (Å²) in [5, 5.41) is 6.80. The maximum Gasteiger partial charge on any atom is 0.155 e. The van der Waals surface area contributed by atoms with E-state index in [1.54, 1.807) is 12.5 Å². The SMILES string of the molecule is c1ccc2cc(-c3ccc(N(c4ccc(-c5ccc6ccccc6c5)cc4)c4cnc5c(c4)oc4cc6cncnc6cc45)cc3)ccc2c1. The molecule has 5 heteroatoms. The molecule has 0 aliphatic heterocycles. The van der Waals surface area contributed by atoms with Crippen LogP contribution < -0.4 is 4.90 Å². The Morgan fingerprint density at radius 1 is 0.420 bits per heavy atom. The number of nitrogens with zero attached hydrogens (tertiary/aromatic N) is 4. The molecule has 0 radical (unpaired) electrons. The van der Waals surface area contributed by atoms with E-state index >= 15 is 0 Å². The molecule has 0 unspecified atom stereocenters. The molecule has 3 aromatic heterocycles. The normalized spacial score (nSPS) is 11.6. The molecule has 10 rings (SSSR count). The standard InChI is InChI=1S/C45H28N4O/c1-3-7-33-21-35(11-9-29(33)5-1)31-13-17-38(18-14-31)49(39-19-15-32(16-20-39)36-12-10-30-6-2-4-8-34(30)22-36)40-24-44-45(47-27-40)41-25-42-37(23-43(41)50-44)26-46-28-48-42/h1-28H. The number of anilines is 3. The summed E-state index contributed by atoms with van der Waals surface area (Å²) in [6, 6.07) is 53.8. The monoisotopic (exact) mass is 640 g/mol. The van der Waals surface area contributed by atoms with Crippen molar-refractivity contribution in [2.75, 3.05) is 4.90 Å². The minimum atomic E-state index is 0.714. The molecule has 0 amide bonds. The molecule has 234 valence electrons. The van der Waals surface area contributed by atoms with E-state index in [9.17, 15) is 0 Å². The van der Waals surface area contributed by atoms with E-state index in [4.69, 9.17) is 9.40 Å². The van der Waals surface area contributed by atoms with E-state index in [1.807, 2.05) is 18.3 Å². The Labute approximate surface area is 287 Å².